The second-order valence-corrected chi connectivity index (χ2v) is 4.95. The summed E-state index contributed by atoms with van der Waals surface area (Å²) < 4.78 is 5.16. The van der Waals surface area contributed by atoms with Crippen molar-refractivity contribution >= 4 is 11.6 Å². The van der Waals surface area contributed by atoms with Gasteiger partial charge in [0.2, 0.25) is 5.91 Å². The lowest BCUT2D eigenvalue weighted by atomic mass is 10.0. The molecule has 0 aliphatic rings. The SMILES string of the molecule is CC(C)c1ccccc1NCC(=O)NCc1ccco1. The van der Waals surface area contributed by atoms with Gasteiger partial charge in [0.05, 0.1) is 19.4 Å². The maximum absolute atomic E-state index is 11.8. The first-order chi connectivity index (χ1) is 9.66. The van der Waals surface area contributed by atoms with Crippen molar-refractivity contribution < 1.29 is 9.21 Å². The fraction of sp³-hybridized carbons (Fsp3) is 0.312. The maximum atomic E-state index is 11.8. The van der Waals surface area contributed by atoms with Gasteiger partial charge < -0.3 is 15.1 Å². The molecule has 1 aromatic carbocycles. The van der Waals surface area contributed by atoms with Crippen molar-refractivity contribution in [1.82, 2.24) is 5.32 Å². The first-order valence-electron chi connectivity index (χ1n) is 6.78. The molecule has 0 radical (unpaired) electrons. The Bertz CT molecular complexity index is 547. The van der Waals surface area contributed by atoms with Crippen LogP contribution in [0.1, 0.15) is 31.1 Å². The molecule has 0 bridgehead atoms. The van der Waals surface area contributed by atoms with Crippen molar-refractivity contribution in [1.29, 1.82) is 0 Å². The summed E-state index contributed by atoms with van der Waals surface area (Å²) in [7, 11) is 0. The number of benzene rings is 1. The molecule has 0 fully saturated rings. The topological polar surface area (TPSA) is 54.3 Å². The van der Waals surface area contributed by atoms with E-state index in [2.05, 4.69) is 30.5 Å². The van der Waals surface area contributed by atoms with E-state index in [-0.39, 0.29) is 12.5 Å². The Balaban J connectivity index is 1.84. The smallest absolute Gasteiger partial charge is 0.239 e. The Morgan fingerprint density at radius 2 is 2.00 bits per heavy atom. The highest BCUT2D eigenvalue weighted by Gasteiger charge is 2.07. The van der Waals surface area contributed by atoms with E-state index in [0.29, 0.717) is 12.5 Å². The summed E-state index contributed by atoms with van der Waals surface area (Å²) in [5.41, 5.74) is 2.22. The summed E-state index contributed by atoms with van der Waals surface area (Å²) in [5.74, 6) is 1.12. The molecule has 0 atom stereocenters. The summed E-state index contributed by atoms with van der Waals surface area (Å²) in [6, 6.07) is 11.7. The highest BCUT2D eigenvalue weighted by molar-refractivity contribution is 5.80. The Morgan fingerprint density at radius 3 is 2.70 bits per heavy atom. The largest absolute Gasteiger partial charge is 0.467 e. The van der Waals surface area contributed by atoms with Gasteiger partial charge in [-0.1, -0.05) is 32.0 Å². The van der Waals surface area contributed by atoms with Gasteiger partial charge in [-0.3, -0.25) is 4.79 Å². The number of nitrogens with one attached hydrogen (secondary N) is 2. The Morgan fingerprint density at radius 1 is 1.20 bits per heavy atom. The van der Waals surface area contributed by atoms with E-state index >= 15 is 0 Å². The average Bonchev–Trinajstić information content (AvgIpc) is 2.96. The predicted octanol–water partition coefficient (Wildman–Crippen LogP) is 3.13. The number of carbonyl (C=O) groups excluding carboxylic acids is 1. The first kappa shape index (κ1) is 14.2. The third kappa shape index (κ3) is 3.88. The van der Waals surface area contributed by atoms with Crippen LogP contribution in [0.4, 0.5) is 5.69 Å². The van der Waals surface area contributed by atoms with Crippen molar-refractivity contribution in [3.05, 3.63) is 54.0 Å². The van der Waals surface area contributed by atoms with Crippen molar-refractivity contribution in [3.63, 3.8) is 0 Å². The zero-order valence-corrected chi connectivity index (χ0v) is 11.8. The molecule has 0 aliphatic carbocycles. The minimum atomic E-state index is -0.0556. The molecule has 1 aromatic heterocycles. The van der Waals surface area contributed by atoms with Crippen LogP contribution in [0.2, 0.25) is 0 Å². The number of amides is 1. The van der Waals surface area contributed by atoms with Crippen molar-refractivity contribution in [3.8, 4) is 0 Å². The lowest BCUT2D eigenvalue weighted by Crippen LogP contribution is -2.29. The lowest BCUT2D eigenvalue weighted by molar-refractivity contribution is -0.119. The van der Waals surface area contributed by atoms with Crippen molar-refractivity contribution in [2.75, 3.05) is 11.9 Å². The van der Waals surface area contributed by atoms with E-state index in [1.165, 1.54) is 5.56 Å². The van der Waals surface area contributed by atoms with E-state index in [9.17, 15) is 4.79 Å². The van der Waals surface area contributed by atoms with Crippen LogP contribution in [0.3, 0.4) is 0 Å². The highest BCUT2D eigenvalue weighted by atomic mass is 16.3. The average molecular weight is 272 g/mol. The second-order valence-electron chi connectivity index (χ2n) is 4.95. The van der Waals surface area contributed by atoms with Gasteiger partial charge in [0.25, 0.3) is 0 Å². The molecular weight excluding hydrogens is 252 g/mol. The van der Waals surface area contributed by atoms with E-state index in [4.69, 9.17) is 4.42 Å². The molecule has 0 spiro atoms. The van der Waals surface area contributed by atoms with Gasteiger partial charge in [0.15, 0.2) is 0 Å². The number of carbonyl (C=O) groups is 1. The zero-order chi connectivity index (χ0) is 14.4. The van der Waals surface area contributed by atoms with Crippen LogP contribution in [0.15, 0.2) is 47.1 Å². The van der Waals surface area contributed by atoms with Crippen LogP contribution in [-0.4, -0.2) is 12.5 Å². The van der Waals surface area contributed by atoms with Gasteiger partial charge in [-0.25, -0.2) is 0 Å². The van der Waals surface area contributed by atoms with Crippen LogP contribution >= 0.6 is 0 Å². The second kappa shape index (κ2) is 6.80. The van der Waals surface area contributed by atoms with E-state index in [0.717, 1.165) is 11.4 Å². The lowest BCUT2D eigenvalue weighted by Gasteiger charge is -2.14. The molecule has 20 heavy (non-hydrogen) atoms. The van der Waals surface area contributed by atoms with Gasteiger partial charge >= 0.3 is 0 Å². The zero-order valence-electron chi connectivity index (χ0n) is 11.8. The summed E-state index contributed by atoms with van der Waals surface area (Å²) in [6.07, 6.45) is 1.60. The number of para-hydroxylation sites is 1. The Labute approximate surface area is 119 Å². The molecule has 2 aromatic rings. The summed E-state index contributed by atoms with van der Waals surface area (Å²) >= 11 is 0. The molecule has 0 saturated carbocycles. The number of hydrogen-bond donors (Lipinski definition) is 2. The normalized spacial score (nSPS) is 10.6. The highest BCUT2D eigenvalue weighted by Crippen LogP contribution is 2.23. The molecule has 1 amide bonds. The molecule has 2 rings (SSSR count). The summed E-state index contributed by atoms with van der Waals surface area (Å²) in [4.78, 5) is 11.8. The van der Waals surface area contributed by atoms with Crippen LogP contribution < -0.4 is 10.6 Å². The van der Waals surface area contributed by atoms with Gasteiger partial charge in [0, 0.05) is 5.69 Å². The van der Waals surface area contributed by atoms with Gasteiger partial charge in [-0.15, -0.1) is 0 Å². The van der Waals surface area contributed by atoms with E-state index in [1.54, 1.807) is 12.3 Å². The molecule has 4 nitrogen and oxygen atoms in total. The predicted molar refractivity (Wildman–Crippen MR) is 79.6 cm³/mol. The number of hydrogen-bond acceptors (Lipinski definition) is 3. The van der Waals surface area contributed by atoms with Gasteiger partial charge in [-0.05, 0) is 29.7 Å². The van der Waals surface area contributed by atoms with Crippen LogP contribution in [-0.2, 0) is 11.3 Å². The van der Waals surface area contributed by atoms with Crippen LogP contribution in [0.25, 0.3) is 0 Å². The molecular formula is C16H20N2O2. The molecule has 0 unspecified atom stereocenters. The van der Waals surface area contributed by atoms with Crippen molar-refractivity contribution in [2.45, 2.75) is 26.3 Å². The standard InChI is InChI=1S/C16H20N2O2/c1-12(2)14-7-3-4-8-15(14)17-11-16(19)18-10-13-6-5-9-20-13/h3-9,12,17H,10-11H2,1-2H3,(H,18,19). The molecule has 0 saturated heterocycles. The Hall–Kier alpha value is -2.23. The third-order valence-electron chi connectivity index (χ3n) is 3.06. The van der Waals surface area contributed by atoms with Gasteiger partial charge in [-0.2, -0.15) is 0 Å². The summed E-state index contributed by atoms with van der Waals surface area (Å²) in [6.45, 7) is 4.94. The maximum Gasteiger partial charge on any atom is 0.239 e. The number of rotatable bonds is 6. The fourth-order valence-corrected chi connectivity index (χ4v) is 2.00. The Kier molecular flexibility index (Phi) is 4.82. The molecule has 106 valence electrons. The number of furan rings is 1. The fourth-order valence-electron chi connectivity index (χ4n) is 2.00. The van der Waals surface area contributed by atoms with E-state index < -0.39 is 0 Å². The first-order valence-corrected chi connectivity index (χ1v) is 6.78. The molecule has 4 heteroatoms. The van der Waals surface area contributed by atoms with E-state index in [1.807, 2.05) is 24.3 Å². The minimum Gasteiger partial charge on any atom is -0.467 e. The quantitative estimate of drug-likeness (QED) is 0.849. The monoisotopic (exact) mass is 272 g/mol. The summed E-state index contributed by atoms with van der Waals surface area (Å²) in [5, 5.41) is 5.99. The third-order valence-corrected chi connectivity index (χ3v) is 3.06. The molecule has 2 N–H and O–H groups in total. The number of anilines is 1. The van der Waals surface area contributed by atoms with Crippen molar-refractivity contribution in [2.24, 2.45) is 0 Å². The minimum absolute atomic E-state index is 0.0556. The molecule has 1 heterocycles. The van der Waals surface area contributed by atoms with Crippen LogP contribution in [0, 0.1) is 0 Å². The van der Waals surface area contributed by atoms with Crippen LogP contribution in [0.5, 0.6) is 0 Å². The molecule has 0 aliphatic heterocycles. The van der Waals surface area contributed by atoms with Gasteiger partial charge in [0.1, 0.15) is 5.76 Å².